The Labute approximate surface area is 157 Å². The number of aromatic nitrogens is 2. The van der Waals surface area contributed by atoms with Crippen LogP contribution in [0.5, 0.6) is 0 Å². The number of aryl methyl sites for hydroxylation is 2. The Balaban J connectivity index is 1.63. The third kappa shape index (κ3) is 3.05. The number of thiophene rings is 1. The summed E-state index contributed by atoms with van der Waals surface area (Å²) in [5, 5.41) is 3.88. The summed E-state index contributed by atoms with van der Waals surface area (Å²) in [5.74, 6) is 0.942. The van der Waals surface area contributed by atoms with E-state index in [9.17, 15) is 4.79 Å². The standard InChI is InChI=1S/C20H22N4OS/c1-21-19(25)14-9-7-13(8-10-14)11-24(2)18-17-15-5-3-4-6-16(15)26-20(17)23-12-22-18/h7-10,12H,3-6,11H2,1-2H3,(H,21,25). The number of carbonyl (C=O) groups is 1. The van der Waals surface area contributed by atoms with Crippen molar-refractivity contribution in [3.63, 3.8) is 0 Å². The zero-order chi connectivity index (χ0) is 18.1. The number of carbonyl (C=O) groups excluding carboxylic acids is 1. The van der Waals surface area contributed by atoms with Crippen LogP contribution in [0.3, 0.4) is 0 Å². The molecule has 1 N–H and O–H groups in total. The van der Waals surface area contributed by atoms with Gasteiger partial charge in [0.15, 0.2) is 0 Å². The van der Waals surface area contributed by atoms with Crippen molar-refractivity contribution in [1.29, 1.82) is 0 Å². The van der Waals surface area contributed by atoms with Crippen molar-refractivity contribution >= 4 is 33.3 Å². The summed E-state index contributed by atoms with van der Waals surface area (Å²) >= 11 is 1.82. The van der Waals surface area contributed by atoms with Gasteiger partial charge < -0.3 is 10.2 Å². The summed E-state index contributed by atoms with van der Waals surface area (Å²) < 4.78 is 0. The minimum atomic E-state index is -0.0627. The molecular weight excluding hydrogens is 344 g/mol. The normalized spacial score (nSPS) is 13.5. The van der Waals surface area contributed by atoms with E-state index >= 15 is 0 Å². The molecule has 0 bridgehead atoms. The van der Waals surface area contributed by atoms with Gasteiger partial charge in [-0.3, -0.25) is 4.79 Å². The predicted octanol–water partition coefficient (Wildman–Crippen LogP) is 3.57. The number of hydrogen-bond donors (Lipinski definition) is 1. The molecule has 0 fully saturated rings. The molecule has 4 rings (SSSR count). The minimum absolute atomic E-state index is 0.0627. The van der Waals surface area contributed by atoms with Crippen molar-refractivity contribution in [1.82, 2.24) is 15.3 Å². The second kappa shape index (κ2) is 7.03. The number of amides is 1. The van der Waals surface area contributed by atoms with Crippen LogP contribution in [0, 0.1) is 0 Å². The zero-order valence-corrected chi connectivity index (χ0v) is 15.9. The maximum atomic E-state index is 11.7. The predicted molar refractivity (Wildman–Crippen MR) is 106 cm³/mol. The van der Waals surface area contributed by atoms with Crippen molar-refractivity contribution in [2.24, 2.45) is 0 Å². The van der Waals surface area contributed by atoms with E-state index in [-0.39, 0.29) is 5.91 Å². The second-order valence-corrected chi connectivity index (χ2v) is 7.80. The zero-order valence-electron chi connectivity index (χ0n) is 15.1. The largest absolute Gasteiger partial charge is 0.355 e. The number of benzene rings is 1. The topological polar surface area (TPSA) is 58.1 Å². The van der Waals surface area contributed by atoms with Gasteiger partial charge in [-0.1, -0.05) is 12.1 Å². The molecule has 0 atom stereocenters. The molecule has 1 aliphatic rings. The van der Waals surface area contributed by atoms with Gasteiger partial charge in [0.1, 0.15) is 17.0 Å². The van der Waals surface area contributed by atoms with Crippen LogP contribution in [0.1, 0.15) is 39.2 Å². The van der Waals surface area contributed by atoms with Crippen LogP contribution < -0.4 is 10.2 Å². The molecule has 0 saturated carbocycles. The highest BCUT2D eigenvalue weighted by atomic mass is 32.1. The Morgan fingerprint density at radius 2 is 1.96 bits per heavy atom. The minimum Gasteiger partial charge on any atom is -0.355 e. The molecule has 1 aliphatic carbocycles. The van der Waals surface area contributed by atoms with Crippen LogP contribution in [-0.4, -0.2) is 30.0 Å². The van der Waals surface area contributed by atoms with Gasteiger partial charge in [0.05, 0.1) is 5.39 Å². The first-order valence-corrected chi connectivity index (χ1v) is 9.76. The number of nitrogens with zero attached hydrogens (tertiary/aromatic N) is 3. The second-order valence-electron chi connectivity index (χ2n) is 6.72. The third-order valence-electron chi connectivity index (χ3n) is 4.96. The van der Waals surface area contributed by atoms with Gasteiger partial charge in [-0.15, -0.1) is 11.3 Å². The maximum Gasteiger partial charge on any atom is 0.251 e. The number of hydrogen-bond acceptors (Lipinski definition) is 5. The van der Waals surface area contributed by atoms with E-state index in [0.29, 0.717) is 5.56 Å². The summed E-state index contributed by atoms with van der Waals surface area (Å²) in [5.41, 5.74) is 3.28. The Hall–Kier alpha value is -2.47. The van der Waals surface area contributed by atoms with Crippen LogP contribution >= 0.6 is 11.3 Å². The molecule has 3 aromatic rings. The van der Waals surface area contributed by atoms with Crippen molar-refractivity contribution in [2.75, 3.05) is 19.0 Å². The molecular formula is C20H22N4OS. The molecule has 0 unspecified atom stereocenters. The first-order valence-electron chi connectivity index (χ1n) is 8.95. The lowest BCUT2D eigenvalue weighted by molar-refractivity contribution is 0.0963. The molecule has 0 radical (unpaired) electrons. The molecule has 2 heterocycles. The van der Waals surface area contributed by atoms with Crippen molar-refractivity contribution in [2.45, 2.75) is 32.2 Å². The first-order chi connectivity index (χ1) is 12.7. The number of nitrogens with one attached hydrogen (secondary N) is 1. The van der Waals surface area contributed by atoms with E-state index in [0.717, 1.165) is 29.2 Å². The van der Waals surface area contributed by atoms with Crippen LogP contribution in [0.2, 0.25) is 0 Å². The van der Waals surface area contributed by atoms with Gasteiger partial charge in [0.2, 0.25) is 0 Å². The van der Waals surface area contributed by atoms with E-state index in [1.807, 2.05) is 35.6 Å². The Kier molecular flexibility index (Phi) is 4.59. The average Bonchev–Trinajstić information content (AvgIpc) is 3.06. The first kappa shape index (κ1) is 17.0. The molecule has 6 heteroatoms. The van der Waals surface area contributed by atoms with Gasteiger partial charge >= 0.3 is 0 Å². The van der Waals surface area contributed by atoms with Crippen LogP contribution in [0.15, 0.2) is 30.6 Å². The fourth-order valence-electron chi connectivity index (χ4n) is 3.62. The SMILES string of the molecule is CNC(=O)c1ccc(CN(C)c2ncnc3sc4c(c23)CCCC4)cc1. The van der Waals surface area contributed by atoms with Crippen molar-refractivity contribution in [3.05, 3.63) is 52.2 Å². The van der Waals surface area contributed by atoms with E-state index in [4.69, 9.17) is 0 Å². The number of fused-ring (bicyclic) bond motifs is 3. The number of anilines is 1. The van der Waals surface area contributed by atoms with Crippen molar-refractivity contribution < 1.29 is 4.79 Å². The molecule has 5 nitrogen and oxygen atoms in total. The molecule has 0 saturated heterocycles. The summed E-state index contributed by atoms with van der Waals surface area (Å²) in [4.78, 5) is 25.6. The van der Waals surface area contributed by atoms with Gasteiger partial charge in [-0.05, 0) is 48.9 Å². The fraction of sp³-hybridized carbons (Fsp3) is 0.350. The highest BCUT2D eigenvalue weighted by Crippen LogP contribution is 2.39. The van der Waals surface area contributed by atoms with Gasteiger partial charge in [0.25, 0.3) is 5.91 Å². The van der Waals surface area contributed by atoms with E-state index < -0.39 is 0 Å². The van der Waals surface area contributed by atoms with Gasteiger partial charge in [-0.2, -0.15) is 0 Å². The Morgan fingerprint density at radius 1 is 1.19 bits per heavy atom. The van der Waals surface area contributed by atoms with Gasteiger partial charge in [0, 0.05) is 31.1 Å². The molecule has 0 spiro atoms. The molecule has 0 aliphatic heterocycles. The molecule has 2 aromatic heterocycles. The van der Waals surface area contributed by atoms with E-state index in [1.54, 1.807) is 13.4 Å². The molecule has 1 amide bonds. The molecule has 26 heavy (non-hydrogen) atoms. The van der Waals surface area contributed by atoms with Crippen LogP contribution in [0.4, 0.5) is 5.82 Å². The maximum absolute atomic E-state index is 11.7. The summed E-state index contributed by atoms with van der Waals surface area (Å²) in [6, 6.07) is 7.74. The van der Waals surface area contributed by atoms with Crippen molar-refractivity contribution in [3.8, 4) is 0 Å². The summed E-state index contributed by atoms with van der Waals surface area (Å²) in [6.45, 7) is 0.741. The average molecular weight is 366 g/mol. The van der Waals surface area contributed by atoms with Crippen LogP contribution in [0.25, 0.3) is 10.2 Å². The van der Waals surface area contributed by atoms with Crippen LogP contribution in [-0.2, 0) is 19.4 Å². The molecule has 1 aromatic carbocycles. The van der Waals surface area contributed by atoms with Gasteiger partial charge in [-0.25, -0.2) is 9.97 Å². The highest BCUT2D eigenvalue weighted by Gasteiger charge is 2.21. The quantitative estimate of drug-likeness (QED) is 0.767. The lowest BCUT2D eigenvalue weighted by Gasteiger charge is -2.20. The summed E-state index contributed by atoms with van der Waals surface area (Å²) in [7, 11) is 3.72. The Morgan fingerprint density at radius 3 is 2.73 bits per heavy atom. The summed E-state index contributed by atoms with van der Waals surface area (Å²) in [6.07, 6.45) is 6.49. The number of rotatable bonds is 4. The lowest BCUT2D eigenvalue weighted by Crippen LogP contribution is -2.19. The smallest absolute Gasteiger partial charge is 0.251 e. The third-order valence-corrected chi connectivity index (χ3v) is 6.16. The molecule has 134 valence electrons. The fourth-order valence-corrected chi connectivity index (χ4v) is 4.84. The monoisotopic (exact) mass is 366 g/mol. The lowest BCUT2D eigenvalue weighted by atomic mass is 9.97. The Bertz CT molecular complexity index is 948. The van der Waals surface area contributed by atoms with E-state index in [1.165, 1.54) is 35.1 Å². The van der Waals surface area contributed by atoms with E-state index in [2.05, 4.69) is 27.2 Å². The highest BCUT2D eigenvalue weighted by molar-refractivity contribution is 7.19.